The molecule has 1 unspecified atom stereocenters. The monoisotopic (exact) mass is 368 g/mol. The summed E-state index contributed by atoms with van der Waals surface area (Å²) in [5, 5.41) is 7.81. The molecule has 1 aromatic carbocycles. The molecule has 0 saturated heterocycles. The molecule has 0 aliphatic heterocycles. The van der Waals surface area contributed by atoms with Crippen LogP contribution in [0.2, 0.25) is 10.0 Å². The van der Waals surface area contributed by atoms with Crippen LogP contribution in [0.25, 0.3) is 0 Å². The number of halogens is 2. The number of nitrogens with one attached hydrogen (secondary N) is 2. The zero-order valence-corrected chi connectivity index (χ0v) is 15.5. The first-order chi connectivity index (χ1) is 11.5. The number of benzene rings is 1. The van der Waals surface area contributed by atoms with E-state index in [-0.39, 0.29) is 6.04 Å². The van der Waals surface area contributed by atoms with Crippen LogP contribution in [-0.2, 0) is 6.54 Å². The maximum atomic E-state index is 6.19. The molecule has 0 aliphatic carbocycles. The lowest BCUT2D eigenvalue weighted by molar-refractivity contribution is 0.258. The number of hydrogen-bond acceptors (Lipinski definition) is 3. The molecule has 1 atom stereocenters. The van der Waals surface area contributed by atoms with E-state index in [1.54, 1.807) is 19.4 Å². The standard InChI is InChI=1S/C17H22Cl2N4O/c1-20-17(21-10-12-6-7-13(18)9-14(12)19)22-11-15(23(2)3)16-5-4-8-24-16/h4-9,15H,10-11H2,1-3H3,(H2,20,21,22). The van der Waals surface area contributed by atoms with E-state index in [2.05, 4.69) is 20.5 Å². The normalized spacial score (nSPS) is 13.2. The minimum atomic E-state index is 0.109. The summed E-state index contributed by atoms with van der Waals surface area (Å²) in [5.74, 6) is 1.60. The molecule has 24 heavy (non-hydrogen) atoms. The molecular formula is C17H22Cl2N4O. The van der Waals surface area contributed by atoms with E-state index >= 15 is 0 Å². The molecular weight excluding hydrogens is 347 g/mol. The van der Waals surface area contributed by atoms with Gasteiger partial charge >= 0.3 is 0 Å². The van der Waals surface area contributed by atoms with E-state index < -0.39 is 0 Å². The molecule has 7 heteroatoms. The first kappa shape index (κ1) is 18.6. The maximum Gasteiger partial charge on any atom is 0.191 e. The number of hydrogen-bond donors (Lipinski definition) is 2. The average molecular weight is 369 g/mol. The summed E-state index contributed by atoms with van der Waals surface area (Å²) in [7, 11) is 5.76. The van der Waals surface area contributed by atoms with Gasteiger partial charge in [0.25, 0.3) is 0 Å². The first-order valence-corrected chi connectivity index (χ1v) is 8.35. The van der Waals surface area contributed by atoms with Crippen LogP contribution >= 0.6 is 23.2 Å². The number of furan rings is 1. The van der Waals surface area contributed by atoms with Crippen molar-refractivity contribution in [3.63, 3.8) is 0 Å². The van der Waals surface area contributed by atoms with Gasteiger partial charge in [-0.05, 0) is 43.9 Å². The Labute approximate surface area is 152 Å². The molecule has 130 valence electrons. The highest BCUT2D eigenvalue weighted by Crippen LogP contribution is 2.21. The first-order valence-electron chi connectivity index (χ1n) is 7.59. The molecule has 0 spiro atoms. The number of rotatable bonds is 6. The second-order valence-corrected chi connectivity index (χ2v) is 6.38. The minimum Gasteiger partial charge on any atom is -0.468 e. The quantitative estimate of drug-likeness (QED) is 0.604. The Morgan fingerprint density at radius 1 is 1.25 bits per heavy atom. The summed E-state index contributed by atoms with van der Waals surface area (Å²) in [6.45, 7) is 1.22. The molecule has 1 aromatic heterocycles. The van der Waals surface area contributed by atoms with Gasteiger partial charge in [-0.2, -0.15) is 0 Å². The molecule has 2 rings (SSSR count). The zero-order valence-electron chi connectivity index (χ0n) is 14.0. The molecule has 1 heterocycles. The fraction of sp³-hybridized carbons (Fsp3) is 0.353. The Kier molecular flexibility index (Phi) is 6.97. The third-order valence-corrected chi connectivity index (χ3v) is 4.23. The number of aliphatic imine (C=N–C) groups is 1. The molecule has 0 aliphatic rings. The van der Waals surface area contributed by atoms with E-state index in [1.807, 2.05) is 38.4 Å². The van der Waals surface area contributed by atoms with Gasteiger partial charge in [0.05, 0.1) is 12.3 Å². The van der Waals surface area contributed by atoms with Gasteiger partial charge in [0, 0.05) is 30.2 Å². The van der Waals surface area contributed by atoms with Crippen molar-refractivity contribution in [3.05, 3.63) is 58.0 Å². The Bertz CT molecular complexity index is 671. The Morgan fingerprint density at radius 2 is 2.04 bits per heavy atom. The molecule has 2 aromatic rings. The van der Waals surface area contributed by atoms with E-state index in [0.717, 1.165) is 11.3 Å². The van der Waals surface area contributed by atoms with Gasteiger partial charge in [-0.3, -0.25) is 9.89 Å². The van der Waals surface area contributed by atoms with E-state index in [0.29, 0.717) is 29.1 Å². The fourth-order valence-electron chi connectivity index (χ4n) is 2.28. The van der Waals surface area contributed by atoms with Crippen molar-refractivity contribution in [2.45, 2.75) is 12.6 Å². The largest absolute Gasteiger partial charge is 0.468 e. The summed E-state index contributed by atoms with van der Waals surface area (Å²) in [6, 6.07) is 9.42. The lowest BCUT2D eigenvalue weighted by atomic mass is 10.2. The second kappa shape index (κ2) is 8.97. The van der Waals surface area contributed by atoms with Crippen molar-refractivity contribution < 1.29 is 4.42 Å². The van der Waals surface area contributed by atoms with Crippen LogP contribution in [0.15, 0.2) is 46.0 Å². The SMILES string of the molecule is CN=C(NCc1ccc(Cl)cc1Cl)NCC(c1ccco1)N(C)C. The van der Waals surface area contributed by atoms with Crippen LogP contribution in [-0.4, -0.2) is 38.5 Å². The number of nitrogens with zero attached hydrogens (tertiary/aromatic N) is 2. The van der Waals surface area contributed by atoms with Gasteiger partial charge in [-0.1, -0.05) is 29.3 Å². The van der Waals surface area contributed by atoms with Crippen LogP contribution in [0.4, 0.5) is 0 Å². The van der Waals surface area contributed by atoms with Crippen LogP contribution in [0.1, 0.15) is 17.4 Å². The van der Waals surface area contributed by atoms with Gasteiger partial charge in [-0.25, -0.2) is 0 Å². The van der Waals surface area contributed by atoms with Crippen molar-refractivity contribution >= 4 is 29.2 Å². The zero-order chi connectivity index (χ0) is 17.5. The smallest absolute Gasteiger partial charge is 0.191 e. The van der Waals surface area contributed by atoms with Gasteiger partial charge in [0.2, 0.25) is 0 Å². The van der Waals surface area contributed by atoms with Crippen molar-refractivity contribution in [2.75, 3.05) is 27.7 Å². The summed E-state index contributed by atoms with van der Waals surface area (Å²) < 4.78 is 5.51. The van der Waals surface area contributed by atoms with E-state index in [4.69, 9.17) is 27.6 Å². The molecule has 5 nitrogen and oxygen atoms in total. The topological polar surface area (TPSA) is 52.8 Å². The van der Waals surface area contributed by atoms with Crippen molar-refractivity contribution in [2.24, 2.45) is 4.99 Å². The Morgan fingerprint density at radius 3 is 2.62 bits per heavy atom. The number of guanidine groups is 1. The van der Waals surface area contributed by atoms with Crippen LogP contribution in [0, 0.1) is 0 Å². The van der Waals surface area contributed by atoms with Gasteiger partial charge in [0.15, 0.2) is 5.96 Å². The lowest BCUT2D eigenvalue weighted by Gasteiger charge is -2.23. The molecule has 0 radical (unpaired) electrons. The third kappa shape index (κ3) is 5.16. The molecule has 0 amide bonds. The van der Waals surface area contributed by atoms with Gasteiger partial charge in [0.1, 0.15) is 5.76 Å². The van der Waals surface area contributed by atoms with Crippen LogP contribution in [0.5, 0.6) is 0 Å². The predicted octanol–water partition coefficient (Wildman–Crippen LogP) is 3.55. The molecule has 0 fully saturated rings. The summed E-state index contributed by atoms with van der Waals surface area (Å²) in [6.07, 6.45) is 1.68. The predicted molar refractivity (Wildman–Crippen MR) is 99.8 cm³/mol. The van der Waals surface area contributed by atoms with Crippen molar-refractivity contribution in [1.82, 2.24) is 15.5 Å². The summed E-state index contributed by atoms with van der Waals surface area (Å²) in [4.78, 5) is 6.33. The number of likely N-dealkylation sites (N-methyl/N-ethyl adjacent to an activating group) is 1. The summed E-state index contributed by atoms with van der Waals surface area (Å²) >= 11 is 12.1. The second-order valence-electron chi connectivity index (χ2n) is 5.54. The van der Waals surface area contributed by atoms with Gasteiger partial charge in [-0.15, -0.1) is 0 Å². The Hall–Kier alpha value is -1.69. The fourth-order valence-corrected chi connectivity index (χ4v) is 2.75. The van der Waals surface area contributed by atoms with Crippen molar-refractivity contribution in [1.29, 1.82) is 0 Å². The highest BCUT2D eigenvalue weighted by Gasteiger charge is 2.17. The highest BCUT2D eigenvalue weighted by atomic mass is 35.5. The van der Waals surface area contributed by atoms with Crippen LogP contribution in [0.3, 0.4) is 0 Å². The third-order valence-electron chi connectivity index (χ3n) is 3.64. The summed E-state index contributed by atoms with van der Waals surface area (Å²) in [5.41, 5.74) is 0.958. The van der Waals surface area contributed by atoms with Crippen molar-refractivity contribution in [3.8, 4) is 0 Å². The maximum absolute atomic E-state index is 6.19. The highest BCUT2D eigenvalue weighted by molar-refractivity contribution is 6.35. The van der Waals surface area contributed by atoms with E-state index in [1.165, 1.54) is 0 Å². The van der Waals surface area contributed by atoms with Gasteiger partial charge < -0.3 is 15.1 Å². The lowest BCUT2D eigenvalue weighted by Crippen LogP contribution is -2.41. The van der Waals surface area contributed by atoms with Crippen LogP contribution < -0.4 is 10.6 Å². The van der Waals surface area contributed by atoms with E-state index in [9.17, 15) is 0 Å². The Balaban J connectivity index is 1.92. The molecule has 0 saturated carbocycles. The minimum absolute atomic E-state index is 0.109. The molecule has 2 N–H and O–H groups in total. The average Bonchev–Trinajstić information content (AvgIpc) is 3.05. The molecule has 0 bridgehead atoms.